The Morgan fingerprint density at radius 3 is 2.58 bits per heavy atom. The van der Waals surface area contributed by atoms with Crippen molar-refractivity contribution in [3.05, 3.63) is 54.1 Å². The number of phenolic OH excluding ortho intramolecular Hbond substituents is 1. The number of nitrogens with one attached hydrogen (secondary N) is 1. The highest BCUT2D eigenvalue weighted by atomic mass is 16.5. The van der Waals surface area contributed by atoms with Crippen molar-refractivity contribution in [3.8, 4) is 5.75 Å². The highest BCUT2D eigenvalue weighted by Crippen LogP contribution is 2.28. The van der Waals surface area contributed by atoms with Crippen molar-refractivity contribution < 1.29 is 19.4 Å². The number of ether oxygens (including phenoxy) is 1. The van der Waals surface area contributed by atoms with Crippen LogP contribution in [-0.4, -0.2) is 62.1 Å². The molecule has 36 heavy (non-hydrogen) atoms. The van der Waals surface area contributed by atoms with Gasteiger partial charge in [-0.1, -0.05) is 48.7 Å². The van der Waals surface area contributed by atoms with Crippen molar-refractivity contribution in [2.45, 2.75) is 69.7 Å². The topological polar surface area (TPSA) is 110 Å². The summed E-state index contributed by atoms with van der Waals surface area (Å²) in [5, 5.41) is 21.4. The number of aromatic hydroxyl groups is 1. The monoisotopic (exact) mass is 491 g/mol. The van der Waals surface area contributed by atoms with Gasteiger partial charge in [0.05, 0.1) is 11.6 Å². The zero-order chi connectivity index (χ0) is 24.9. The minimum Gasteiger partial charge on any atom is -0.508 e. The predicted molar refractivity (Wildman–Crippen MR) is 134 cm³/mol. The molecule has 3 aromatic rings. The summed E-state index contributed by atoms with van der Waals surface area (Å²) in [6.07, 6.45) is 6.88. The van der Waals surface area contributed by atoms with Crippen LogP contribution < -0.4 is 5.32 Å². The third-order valence-electron chi connectivity index (χ3n) is 7.17. The van der Waals surface area contributed by atoms with Gasteiger partial charge in [-0.05, 0) is 55.5 Å². The van der Waals surface area contributed by atoms with E-state index >= 15 is 0 Å². The molecule has 1 saturated carbocycles. The van der Waals surface area contributed by atoms with Crippen LogP contribution >= 0.6 is 0 Å². The molecule has 0 bridgehead atoms. The number of rotatable bonds is 8. The van der Waals surface area contributed by atoms with Gasteiger partial charge in [0, 0.05) is 19.2 Å². The number of carbonyl (C=O) groups excluding carboxylic acids is 2. The fraction of sp³-hybridized carbons (Fsp3) is 0.481. The quantitative estimate of drug-likeness (QED) is 0.500. The number of aromatic nitrogens is 3. The molecule has 2 amide bonds. The first-order valence-electron chi connectivity index (χ1n) is 12.9. The normalized spacial score (nSPS) is 19.3. The number of hydrogen-bond donors (Lipinski definition) is 2. The number of para-hydroxylation sites is 1. The van der Waals surface area contributed by atoms with Crippen LogP contribution in [0, 0.1) is 0 Å². The zero-order valence-electron chi connectivity index (χ0n) is 20.4. The van der Waals surface area contributed by atoms with Crippen LogP contribution in [0.4, 0.5) is 0 Å². The lowest BCUT2D eigenvalue weighted by molar-refractivity contribution is -0.143. The Labute approximate surface area is 210 Å². The maximum absolute atomic E-state index is 13.9. The molecule has 2 heterocycles. The van der Waals surface area contributed by atoms with Crippen molar-refractivity contribution in [2.75, 3.05) is 13.2 Å². The molecule has 190 valence electrons. The Balaban J connectivity index is 1.46. The van der Waals surface area contributed by atoms with E-state index in [2.05, 4.69) is 15.6 Å². The Morgan fingerprint density at radius 2 is 1.83 bits per heavy atom. The minimum absolute atomic E-state index is 0.0431. The van der Waals surface area contributed by atoms with Gasteiger partial charge in [0.15, 0.2) is 0 Å². The first-order chi connectivity index (χ1) is 17.6. The number of amides is 2. The first kappa shape index (κ1) is 24.2. The third-order valence-corrected chi connectivity index (χ3v) is 7.17. The van der Waals surface area contributed by atoms with Gasteiger partial charge in [-0.3, -0.25) is 9.59 Å². The lowest BCUT2D eigenvalue weighted by Gasteiger charge is -2.34. The third kappa shape index (κ3) is 5.51. The lowest BCUT2D eigenvalue weighted by atomic mass is 9.94. The van der Waals surface area contributed by atoms with Crippen molar-refractivity contribution in [1.29, 1.82) is 0 Å². The number of fused-ring (bicyclic) bond motifs is 1. The number of hydrogen-bond acceptors (Lipinski definition) is 6. The smallest absolute Gasteiger partial charge is 0.247 e. The van der Waals surface area contributed by atoms with Gasteiger partial charge < -0.3 is 20.1 Å². The number of nitrogens with zero attached hydrogens (tertiary/aromatic N) is 4. The zero-order valence-corrected chi connectivity index (χ0v) is 20.4. The van der Waals surface area contributed by atoms with Crippen molar-refractivity contribution in [3.63, 3.8) is 0 Å². The molecule has 9 heteroatoms. The Bertz CT molecular complexity index is 1180. The Kier molecular flexibility index (Phi) is 7.46. The highest BCUT2D eigenvalue weighted by molar-refractivity contribution is 5.89. The molecule has 0 spiro atoms. The number of benzene rings is 2. The molecule has 2 aromatic carbocycles. The lowest BCUT2D eigenvalue weighted by Crippen LogP contribution is -2.49. The SMILES string of the molecule is O=C(NC1CCCCC1)[C@@H](c1ccc(O)cc1)N(C[C@H]1CCCO1)C(=O)Cn1nnc2ccccc21. The molecule has 1 saturated heterocycles. The molecular formula is C27H33N5O4. The maximum atomic E-state index is 13.9. The Hall–Kier alpha value is -3.46. The van der Waals surface area contributed by atoms with E-state index in [4.69, 9.17) is 4.74 Å². The van der Waals surface area contributed by atoms with Gasteiger partial charge in [0.2, 0.25) is 11.8 Å². The van der Waals surface area contributed by atoms with Crippen LogP contribution in [0.25, 0.3) is 11.0 Å². The fourth-order valence-electron chi connectivity index (χ4n) is 5.27. The van der Waals surface area contributed by atoms with E-state index in [0.29, 0.717) is 24.2 Å². The van der Waals surface area contributed by atoms with E-state index in [1.54, 1.807) is 33.8 Å². The minimum atomic E-state index is -0.848. The second-order valence-electron chi connectivity index (χ2n) is 9.75. The average molecular weight is 492 g/mol. The molecule has 1 aliphatic carbocycles. The Morgan fingerprint density at radius 1 is 1.06 bits per heavy atom. The van der Waals surface area contributed by atoms with E-state index in [1.807, 2.05) is 24.3 Å². The van der Waals surface area contributed by atoms with E-state index < -0.39 is 6.04 Å². The maximum Gasteiger partial charge on any atom is 0.247 e. The summed E-state index contributed by atoms with van der Waals surface area (Å²) in [5.41, 5.74) is 2.12. The fourth-order valence-corrected chi connectivity index (χ4v) is 5.27. The van der Waals surface area contributed by atoms with Gasteiger partial charge >= 0.3 is 0 Å². The predicted octanol–water partition coefficient (Wildman–Crippen LogP) is 3.33. The summed E-state index contributed by atoms with van der Waals surface area (Å²) >= 11 is 0. The van der Waals surface area contributed by atoms with E-state index in [9.17, 15) is 14.7 Å². The van der Waals surface area contributed by atoms with Gasteiger partial charge in [0.1, 0.15) is 23.9 Å². The molecule has 2 N–H and O–H groups in total. The molecule has 5 rings (SSSR count). The molecule has 1 aromatic heterocycles. The molecule has 0 radical (unpaired) electrons. The second kappa shape index (κ2) is 11.1. The van der Waals surface area contributed by atoms with E-state index in [1.165, 1.54) is 6.42 Å². The average Bonchev–Trinajstić information content (AvgIpc) is 3.56. The van der Waals surface area contributed by atoms with Crippen molar-refractivity contribution in [1.82, 2.24) is 25.2 Å². The largest absolute Gasteiger partial charge is 0.508 e. The number of phenols is 1. The summed E-state index contributed by atoms with van der Waals surface area (Å²) in [6.45, 7) is 0.909. The molecule has 1 aliphatic heterocycles. The molecule has 2 fully saturated rings. The highest BCUT2D eigenvalue weighted by Gasteiger charge is 2.35. The first-order valence-corrected chi connectivity index (χ1v) is 12.9. The van der Waals surface area contributed by atoms with Crippen LogP contribution in [0.3, 0.4) is 0 Å². The van der Waals surface area contributed by atoms with Crippen molar-refractivity contribution in [2.24, 2.45) is 0 Å². The van der Waals surface area contributed by atoms with Crippen LogP contribution in [0.5, 0.6) is 5.75 Å². The van der Waals surface area contributed by atoms with Gasteiger partial charge in [-0.25, -0.2) is 4.68 Å². The van der Waals surface area contributed by atoms with E-state index in [0.717, 1.165) is 44.0 Å². The van der Waals surface area contributed by atoms with Gasteiger partial charge in [-0.2, -0.15) is 0 Å². The molecule has 0 unspecified atom stereocenters. The number of carbonyl (C=O) groups is 2. The standard InChI is InChI=1S/C27H33N5O4/c33-21-14-12-19(13-15-21)26(27(35)28-20-7-2-1-3-8-20)31(17-22-9-6-16-36-22)25(34)18-32-24-11-5-4-10-23(24)29-30-32/h4-5,10-15,20,22,26,33H,1-3,6-9,16-18H2,(H,28,35)/t22-,26-/m1/s1. The van der Waals surface area contributed by atoms with Crippen LogP contribution in [-0.2, 0) is 20.9 Å². The summed E-state index contributed by atoms with van der Waals surface area (Å²) < 4.78 is 7.45. The van der Waals surface area contributed by atoms with Crippen LogP contribution in [0.15, 0.2) is 48.5 Å². The second-order valence-corrected chi connectivity index (χ2v) is 9.75. The summed E-state index contributed by atoms with van der Waals surface area (Å²) in [5.74, 6) is -0.336. The molecule has 9 nitrogen and oxygen atoms in total. The summed E-state index contributed by atoms with van der Waals surface area (Å²) in [4.78, 5) is 29.3. The van der Waals surface area contributed by atoms with E-state index in [-0.39, 0.29) is 36.3 Å². The molecular weight excluding hydrogens is 458 g/mol. The van der Waals surface area contributed by atoms with Gasteiger partial charge in [0.25, 0.3) is 0 Å². The summed E-state index contributed by atoms with van der Waals surface area (Å²) in [6, 6.07) is 13.3. The van der Waals surface area contributed by atoms with Crippen LogP contribution in [0.1, 0.15) is 56.6 Å². The summed E-state index contributed by atoms with van der Waals surface area (Å²) in [7, 11) is 0. The van der Waals surface area contributed by atoms with Crippen molar-refractivity contribution >= 4 is 22.8 Å². The van der Waals surface area contributed by atoms with Gasteiger partial charge in [-0.15, -0.1) is 5.10 Å². The molecule has 2 atom stereocenters. The van der Waals surface area contributed by atoms with Crippen LogP contribution in [0.2, 0.25) is 0 Å². The molecule has 2 aliphatic rings.